The molecule has 570 valence electrons. The van der Waals surface area contributed by atoms with Gasteiger partial charge < -0.3 is 71.0 Å². The van der Waals surface area contributed by atoms with Crippen LogP contribution in [0.25, 0.3) is 33.5 Å². The first-order chi connectivity index (χ1) is 50.4. The summed E-state index contributed by atoms with van der Waals surface area (Å²) < 4.78 is 3.34. The average molecular weight is 1500 g/mol. The lowest BCUT2D eigenvalue weighted by atomic mass is 10.1. The van der Waals surface area contributed by atoms with Gasteiger partial charge in [-0.05, 0) is 26.3 Å². The number of aliphatic carboxylic acids is 1. The van der Waals surface area contributed by atoms with Gasteiger partial charge in [0, 0.05) is 69.9 Å². The molecule has 0 aliphatic heterocycles. The number of hydrogen-bond acceptors (Lipinski definition) is 33. The van der Waals surface area contributed by atoms with Gasteiger partial charge in [-0.2, -0.15) is 27.6 Å². The van der Waals surface area contributed by atoms with Crippen molar-refractivity contribution in [2.45, 2.75) is 38.3 Å². The quantitative estimate of drug-likeness (QED) is 0.0125. The van der Waals surface area contributed by atoms with E-state index < -0.39 is 176 Å². The molecule has 0 bridgehead atoms. The number of nitrogens with one attached hydrogen (secondary N) is 11. The maximum absolute atomic E-state index is 14.1. The topological polar surface area (TPSA) is 698 Å². The summed E-state index contributed by atoms with van der Waals surface area (Å²) in [5.74, 6) is -11.4. The summed E-state index contributed by atoms with van der Waals surface area (Å²) in [4.78, 5) is 260. The Balaban J connectivity index is 1.04. The normalized spacial score (nSPS) is 12.0. The molecule has 0 saturated carbocycles. The Bertz CT molecular complexity index is 4770. The number of unbranched alkanes of at least 4 members (excludes halogenated alkanes) is 1. The molecular weight excluding hydrogens is 1420 g/mol. The van der Waals surface area contributed by atoms with Crippen molar-refractivity contribution >= 4 is 135 Å². The SMILES string of the molecule is Cc1cn(C(=O)CN(CCNC(=O)[C@@H](N)CCCCN)CC(=O)NCCN(CC(=O)NCCN(CC(=O)NCCN(CC(=O)NCC(=O)NCC(=O)N[C@@H](CS)C(=O)O)CC(=O)n2cnc3c(=O)[nH]c(N)nc32)CC(=O)n2cnc3c(=O)[nH]c(N)nc32)CC(=O)n2cnc3c(=O)[nH]c(N)nc32)c(=O)[nH]c1=O. The van der Waals surface area contributed by atoms with Gasteiger partial charge in [0.1, 0.15) is 25.0 Å². The standard InChI is InChI=1S/C57H78N30O18S/c1-29-16-84(57(105)79-48(29)98)38(94)21-83(13-9-66-49(99)30(59)4-2-3-5-58)19-36(92)64-7-11-81(23-40(96)86-27-70-43-46(86)74-55(61)77-51(43)101)17-34(90)63-6-10-80(22-39(95)85-26-69-42-45(85)73-54(60)76-50(42)100)18-35(91)65-8-12-82(24-41(97)87-28-71-44-47(87)75-56(62)78-52(44)102)20-37(93)68-14-32(88)67-15-33(89)72-31(25-106)53(103)104/h16,26-28,30-31,106H,2-15,17-25,58-59H2,1H3,(H,63,90)(H,64,92)(H,65,91)(H,66,99)(H,67,88)(H,68,93)(H,72,89)(H,103,104)(H,79,98,105)(H3,60,73,76,100)(H3,61,74,77,101)(H3,62,75,78,102)/t30-,31-/m0/s1. The molecular formula is C57H78N30O18S. The number of carbonyl (C=O) groups excluding carboxylic acids is 11. The van der Waals surface area contributed by atoms with Crippen LogP contribution in [0.4, 0.5) is 17.8 Å². The van der Waals surface area contributed by atoms with Crippen LogP contribution in [0.15, 0.2) is 49.2 Å². The van der Waals surface area contributed by atoms with Crippen LogP contribution in [0, 0.1) is 6.92 Å². The van der Waals surface area contributed by atoms with Gasteiger partial charge in [0.05, 0.1) is 71.5 Å². The van der Waals surface area contributed by atoms with Gasteiger partial charge >= 0.3 is 11.7 Å². The van der Waals surface area contributed by atoms with Crippen molar-refractivity contribution in [1.29, 1.82) is 0 Å². The van der Waals surface area contributed by atoms with Gasteiger partial charge in [0.2, 0.25) is 82.8 Å². The number of fused-ring (bicyclic) bond motifs is 3. The second-order valence-corrected chi connectivity index (χ2v) is 23.9. The highest BCUT2D eigenvalue weighted by atomic mass is 32.1. The average Bonchev–Trinajstić information content (AvgIpc) is 1.65. The summed E-state index contributed by atoms with van der Waals surface area (Å²) in [6.45, 7) is -6.59. The summed E-state index contributed by atoms with van der Waals surface area (Å²) in [5, 5.41) is 26.4. The molecule has 106 heavy (non-hydrogen) atoms. The molecule has 7 heterocycles. The number of thiol groups is 1. The van der Waals surface area contributed by atoms with Crippen molar-refractivity contribution in [2.24, 2.45) is 11.5 Å². The number of nitrogens with two attached hydrogens (primary N) is 5. The fourth-order valence-electron chi connectivity index (χ4n) is 10.1. The highest BCUT2D eigenvalue weighted by Gasteiger charge is 2.27. The number of amides is 7. The number of nitrogens with zero attached hydrogens (tertiary/aromatic N) is 14. The molecule has 22 N–H and O–H groups in total. The first-order valence-corrected chi connectivity index (χ1v) is 32.8. The number of carboxylic acids is 1. The zero-order chi connectivity index (χ0) is 77.5. The zero-order valence-electron chi connectivity index (χ0n) is 56.7. The Hall–Kier alpha value is -12.3. The van der Waals surface area contributed by atoms with Crippen LogP contribution in [0.3, 0.4) is 0 Å². The lowest BCUT2D eigenvalue weighted by molar-refractivity contribution is -0.141. The third-order valence-electron chi connectivity index (χ3n) is 15.4. The van der Waals surface area contributed by atoms with E-state index in [-0.39, 0.29) is 115 Å². The van der Waals surface area contributed by atoms with Crippen LogP contribution in [0.5, 0.6) is 0 Å². The summed E-state index contributed by atoms with van der Waals surface area (Å²) in [7, 11) is 0. The minimum atomic E-state index is -1.37. The molecule has 7 aromatic heterocycles. The van der Waals surface area contributed by atoms with E-state index in [0.29, 0.717) is 30.4 Å². The van der Waals surface area contributed by atoms with Crippen LogP contribution in [0.2, 0.25) is 0 Å². The van der Waals surface area contributed by atoms with E-state index in [1.165, 1.54) is 26.5 Å². The number of anilines is 3. The number of aromatic nitrogens is 14. The minimum Gasteiger partial charge on any atom is -0.480 e. The largest absolute Gasteiger partial charge is 0.480 e. The Labute approximate surface area is 600 Å². The lowest BCUT2D eigenvalue weighted by Crippen LogP contribution is -2.49. The molecule has 0 unspecified atom stereocenters. The van der Waals surface area contributed by atoms with Crippen LogP contribution in [-0.4, -0.2) is 306 Å². The summed E-state index contributed by atoms with van der Waals surface area (Å²) in [5.41, 5.74) is 23.3. The highest BCUT2D eigenvalue weighted by molar-refractivity contribution is 7.80. The van der Waals surface area contributed by atoms with Crippen LogP contribution in [-0.2, 0) is 38.4 Å². The van der Waals surface area contributed by atoms with Gasteiger partial charge in [0.25, 0.3) is 22.2 Å². The van der Waals surface area contributed by atoms with Crippen LogP contribution in [0.1, 0.15) is 44.0 Å². The van der Waals surface area contributed by atoms with E-state index in [2.05, 4.69) is 94.7 Å². The molecule has 0 aromatic carbocycles. The third kappa shape index (κ3) is 23.4. The molecule has 0 radical (unpaired) electrons. The number of aromatic amines is 4. The molecule has 0 aliphatic carbocycles. The van der Waals surface area contributed by atoms with Gasteiger partial charge in [-0.25, -0.2) is 29.1 Å². The Morgan fingerprint density at radius 2 is 0.849 bits per heavy atom. The Kier molecular flexibility index (Phi) is 29.2. The molecule has 0 aliphatic rings. The number of carbonyl (C=O) groups is 12. The van der Waals surface area contributed by atoms with Crippen molar-refractivity contribution < 1.29 is 62.6 Å². The van der Waals surface area contributed by atoms with E-state index in [1.54, 1.807) is 0 Å². The summed E-state index contributed by atoms with van der Waals surface area (Å²) >= 11 is 3.86. The van der Waals surface area contributed by atoms with E-state index in [1.807, 2.05) is 4.98 Å². The molecule has 2 atom stereocenters. The molecule has 0 spiro atoms. The molecule has 7 aromatic rings. The van der Waals surface area contributed by atoms with Crippen molar-refractivity contribution in [3.63, 3.8) is 0 Å². The van der Waals surface area contributed by atoms with E-state index >= 15 is 0 Å². The Morgan fingerprint density at radius 3 is 1.23 bits per heavy atom. The summed E-state index contributed by atoms with van der Waals surface area (Å²) in [6, 6.07) is -2.25. The Morgan fingerprint density at radius 1 is 0.491 bits per heavy atom. The van der Waals surface area contributed by atoms with Crippen molar-refractivity contribution in [3.8, 4) is 0 Å². The molecule has 0 saturated heterocycles. The number of hydrogen-bond donors (Lipinski definition) is 18. The third-order valence-corrected chi connectivity index (χ3v) is 15.7. The first kappa shape index (κ1) is 81.0. The fourth-order valence-corrected chi connectivity index (χ4v) is 10.3. The van der Waals surface area contributed by atoms with Crippen molar-refractivity contribution in [1.82, 2.24) is 125 Å². The van der Waals surface area contributed by atoms with E-state index in [4.69, 9.17) is 28.7 Å². The molecule has 48 nitrogen and oxygen atoms in total. The molecule has 7 amide bonds. The van der Waals surface area contributed by atoms with Gasteiger partial charge in [-0.15, -0.1) is 0 Å². The maximum Gasteiger partial charge on any atom is 0.335 e. The number of nitrogen functional groups attached to an aromatic ring is 3. The van der Waals surface area contributed by atoms with Crippen LogP contribution < -0.4 is 93.8 Å². The van der Waals surface area contributed by atoms with Gasteiger partial charge in [-0.3, -0.25) is 125 Å². The smallest absolute Gasteiger partial charge is 0.335 e. The van der Waals surface area contributed by atoms with E-state index in [0.717, 1.165) is 38.9 Å². The zero-order valence-corrected chi connectivity index (χ0v) is 57.6. The predicted molar refractivity (Wildman–Crippen MR) is 374 cm³/mol. The lowest BCUT2D eigenvalue weighted by Gasteiger charge is -2.24. The fraction of sp³-hybridized carbons (Fsp3) is 0.456. The number of H-pyrrole nitrogens is 4. The monoisotopic (exact) mass is 1500 g/mol. The van der Waals surface area contributed by atoms with E-state index in [9.17, 15) is 86.6 Å². The van der Waals surface area contributed by atoms with Gasteiger partial charge in [-0.1, -0.05) is 6.42 Å². The van der Waals surface area contributed by atoms with Crippen LogP contribution >= 0.6 is 12.6 Å². The van der Waals surface area contributed by atoms with Crippen molar-refractivity contribution in [2.75, 3.05) is 147 Å². The second-order valence-electron chi connectivity index (χ2n) is 23.5. The second kappa shape index (κ2) is 38.3. The number of carboxylic acid groups (broad SMARTS) is 1. The minimum absolute atomic E-state index is 0.0312. The molecule has 49 heteroatoms. The molecule has 7 rings (SSSR count). The maximum atomic E-state index is 14.1. The number of rotatable bonds is 40. The van der Waals surface area contributed by atoms with Crippen molar-refractivity contribution in [3.05, 3.63) is 82.6 Å². The molecule has 0 fully saturated rings. The van der Waals surface area contributed by atoms with Gasteiger partial charge in [0.15, 0.2) is 33.5 Å². The number of aryl methyl sites for hydroxylation is 1. The highest BCUT2D eigenvalue weighted by Crippen LogP contribution is 2.11. The number of imidazole rings is 3. The predicted octanol–water partition coefficient (Wildman–Crippen LogP) is -11.6. The summed E-state index contributed by atoms with van der Waals surface area (Å²) in [6.07, 6.45) is 5.54. The first-order valence-electron chi connectivity index (χ1n) is 32.1.